The van der Waals surface area contributed by atoms with Crippen LogP contribution in [0.25, 0.3) is 0 Å². The molecule has 1 unspecified atom stereocenters. The largest absolute Gasteiger partial charge is 0.391 e. The minimum absolute atomic E-state index is 0.0263. The van der Waals surface area contributed by atoms with Crippen molar-refractivity contribution < 1.29 is 5.11 Å². The van der Waals surface area contributed by atoms with Gasteiger partial charge in [-0.3, -0.25) is 0 Å². The highest BCUT2D eigenvalue weighted by Gasteiger charge is 2.24. The number of rotatable bonds is 3. The monoisotopic (exact) mass is 275 g/mol. The first-order valence-corrected chi connectivity index (χ1v) is 6.98. The molecule has 0 spiro atoms. The average Bonchev–Trinajstić information content (AvgIpc) is 2.71. The molecule has 6 heteroatoms. The van der Waals surface area contributed by atoms with Gasteiger partial charge in [0.1, 0.15) is 5.15 Å². The first-order chi connectivity index (χ1) is 8.11. The molecular formula is C11H18ClN3OS. The van der Waals surface area contributed by atoms with E-state index < -0.39 is 0 Å². The van der Waals surface area contributed by atoms with Crippen LogP contribution in [0.3, 0.4) is 0 Å². The van der Waals surface area contributed by atoms with Crippen LogP contribution in [0.1, 0.15) is 17.7 Å². The molecule has 1 aromatic heterocycles. The van der Waals surface area contributed by atoms with Crippen LogP contribution in [0, 0.1) is 0 Å². The number of hydrogen-bond donors (Lipinski definition) is 1. The quantitative estimate of drug-likeness (QED) is 0.913. The molecule has 0 bridgehead atoms. The third-order valence-corrected chi connectivity index (χ3v) is 4.70. The summed E-state index contributed by atoms with van der Waals surface area (Å²) in [7, 11) is 4.23. The van der Waals surface area contributed by atoms with E-state index in [9.17, 15) is 0 Å². The van der Waals surface area contributed by atoms with Gasteiger partial charge in [0.15, 0.2) is 5.13 Å². The summed E-state index contributed by atoms with van der Waals surface area (Å²) in [6, 6.07) is 0.573. The first kappa shape index (κ1) is 13.1. The summed E-state index contributed by atoms with van der Waals surface area (Å²) in [6.07, 6.45) is 2.41. The second-order valence-corrected chi connectivity index (χ2v) is 5.99. The van der Waals surface area contributed by atoms with Crippen molar-refractivity contribution in [3.63, 3.8) is 0 Å². The minimum Gasteiger partial charge on any atom is -0.391 e. The van der Waals surface area contributed by atoms with Gasteiger partial charge in [0.05, 0.1) is 11.5 Å². The summed E-state index contributed by atoms with van der Waals surface area (Å²) in [5.74, 6) is 0. The average molecular weight is 276 g/mol. The highest BCUT2D eigenvalue weighted by Crippen LogP contribution is 2.31. The van der Waals surface area contributed by atoms with Crippen molar-refractivity contribution in [1.82, 2.24) is 9.88 Å². The van der Waals surface area contributed by atoms with Crippen LogP contribution < -0.4 is 4.90 Å². The maximum absolute atomic E-state index is 9.13. The lowest BCUT2D eigenvalue weighted by atomic mass is 10.1. The molecule has 4 nitrogen and oxygen atoms in total. The number of halogens is 1. The molecule has 17 heavy (non-hydrogen) atoms. The Morgan fingerprint density at radius 3 is 2.94 bits per heavy atom. The van der Waals surface area contributed by atoms with Gasteiger partial charge in [0.2, 0.25) is 0 Å². The third-order valence-electron chi connectivity index (χ3n) is 3.18. The van der Waals surface area contributed by atoms with E-state index in [0.29, 0.717) is 11.2 Å². The van der Waals surface area contributed by atoms with Crippen molar-refractivity contribution in [2.24, 2.45) is 0 Å². The molecule has 2 heterocycles. The Kier molecular flexibility index (Phi) is 4.25. The smallest absolute Gasteiger partial charge is 0.187 e. The molecule has 0 aliphatic carbocycles. The molecule has 1 aliphatic heterocycles. The van der Waals surface area contributed by atoms with E-state index in [1.165, 1.54) is 24.2 Å². The highest BCUT2D eigenvalue weighted by atomic mass is 35.5. The van der Waals surface area contributed by atoms with Crippen LogP contribution in [-0.4, -0.2) is 48.2 Å². The number of thiazole rings is 1. The fraction of sp³-hybridized carbons (Fsp3) is 0.727. The molecule has 1 atom stereocenters. The Morgan fingerprint density at radius 1 is 1.59 bits per heavy atom. The van der Waals surface area contributed by atoms with E-state index in [4.69, 9.17) is 16.7 Å². The summed E-state index contributed by atoms with van der Waals surface area (Å²) in [5, 5.41) is 10.5. The number of aliphatic hydroxyl groups excluding tert-OH is 1. The second kappa shape index (κ2) is 5.52. The third kappa shape index (κ3) is 2.91. The zero-order valence-corrected chi connectivity index (χ0v) is 11.8. The molecule has 0 saturated carbocycles. The Morgan fingerprint density at radius 2 is 2.35 bits per heavy atom. The molecule has 1 aromatic rings. The van der Waals surface area contributed by atoms with Gasteiger partial charge < -0.3 is 14.9 Å². The van der Waals surface area contributed by atoms with E-state index in [2.05, 4.69) is 28.9 Å². The van der Waals surface area contributed by atoms with Crippen LogP contribution >= 0.6 is 22.9 Å². The van der Waals surface area contributed by atoms with Crippen LogP contribution in [0.2, 0.25) is 5.15 Å². The number of aliphatic hydroxyl groups is 1. The zero-order valence-electron chi connectivity index (χ0n) is 10.2. The lowest BCUT2D eigenvalue weighted by Gasteiger charge is -2.35. The molecule has 0 radical (unpaired) electrons. The van der Waals surface area contributed by atoms with Gasteiger partial charge in [-0.05, 0) is 26.9 Å². The van der Waals surface area contributed by atoms with Gasteiger partial charge in [-0.1, -0.05) is 22.9 Å². The second-order valence-electron chi connectivity index (χ2n) is 4.57. The van der Waals surface area contributed by atoms with Crippen LogP contribution in [0.15, 0.2) is 0 Å². The number of anilines is 1. The van der Waals surface area contributed by atoms with E-state index in [-0.39, 0.29) is 6.61 Å². The molecule has 96 valence electrons. The van der Waals surface area contributed by atoms with Crippen molar-refractivity contribution in [2.75, 3.05) is 32.1 Å². The van der Waals surface area contributed by atoms with Gasteiger partial charge in [0, 0.05) is 19.1 Å². The predicted molar refractivity (Wildman–Crippen MR) is 72.0 cm³/mol. The standard InChI is InChI=1S/C11H18ClN3OS/c1-14(2)8-4-3-5-15(6-8)11-13-10(12)9(7-16)17-11/h8,16H,3-7H2,1-2H3. The van der Waals surface area contributed by atoms with E-state index in [1.54, 1.807) is 0 Å². The van der Waals surface area contributed by atoms with Crippen LogP contribution in [-0.2, 0) is 6.61 Å². The van der Waals surface area contributed by atoms with Crippen molar-refractivity contribution in [1.29, 1.82) is 0 Å². The lowest BCUT2D eigenvalue weighted by molar-refractivity contribution is 0.258. The van der Waals surface area contributed by atoms with Gasteiger partial charge in [0.25, 0.3) is 0 Å². The molecule has 1 N–H and O–H groups in total. The molecule has 1 saturated heterocycles. The molecule has 1 aliphatic rings. The van der Waals surface area contributed by atoms with Crippen molar-refractivity contribution in [3.05, 3.63) is 10.0 Å². The van der Waals surface area contributed by atoms with Gasteiger partial charge >= 0.3 is 0 Å². The SMILES string of the molecule is CN(C)C1CCCN(c2nc(Cl)c(CO)s2)C1. The zero-order chi connectivity index (χ0) is 12.4. The van der Waals surface area contributed by atoms with Crippen molar-refractivity contribution in [2.45, 2.75) is 25.5 Å². The first-order valence-electron chi connectivity index (χ1n) is 5.79. The Balaban J connectivity index is 2.10. The van der Waals surface area contributed by atoms with E-state index in [1.807, 2.05) is 0 Å². The van der Waals surface area contributed by atoms with Gasteiger partial charge in [-0.15, -0.1) is 0 Å². The molecule has 0 amide bonds. The highest BCUT2D eigenvalue weighted by molar-refractivity contribution is 7.16. The molecule has 0 aromatic carbocycles. The molecule has 1 fully saturated rings. The van der Waals surface area contributed by atoms with Gasteiger partial charge in [-0.2, -0.15) is 0 Å². The lowest BCUT2D eigenvalue weighted by Crippen LogP contribution is -2.45. The molecule has 2 rings (SSSR count). The summed E-state index contributed by atoms with van der Waals surface area (Å²) in [4.78, 5) is 9.61. The Hall–Kier alpha value is -0.360. The number of aromatic nitrogens is 1. The topological polar surface area (TPSA) is 39.6 Å². The number of hydrogen-bond acceptors (Lipinski definition) is 5. The van der Waals surface area contributed by atoms with Crippen molar-refractivity contribution >= 4 is 28.1 Å². The maximum Gasteiger partial charge on any atom is 0.187 e. The summed E-state index contributed by atoms with van der Waals surface area (Å²) < 4.78 is 0. The van der Waals surface area contributed by atoms with Gasteiger partial charge in [-0.25, -0.2) is 4.98 Å². The fourth-order valence-electron chi connectivity index (χ4n) is 2.10. The van der Waals surface area contributed by atoms with E-state index in [0.717, 1.165) is 23.1 Å². The summed E-state index contributed by atoms with van der Waals surface area (Å²) in [6.45, 7) is 1.99. The number of likely N-dealkylation sites (N-methyl/N-ethyl adjacent to an activating group) is 1. The summed E-state index contributed by atoms with van der Waals surface area (Å²) in [5.41, 5.74) is 0. The Bertz CT molecular complexity index is 383. The number of piperidine rings is 1. The van der Waals surface area contributed by atoms with Crippen molar-refractivity contribution in [3.8, 4) is 0 Å². The summed E-state index contributed by atoms with van der Waals surface area (Å²) >= 11 is 7.46. The maximum atomic E-state index is 9.13. The predicted octanol–water partition coefficient (Wildman–Crippen LogP) is 1.82. The van der Waals surface area contributed by atoms with Crippen LogP contribution in [0.4, 0.5) is 5.13 Å². The number of nitrogens with zero attached hydrogens (tertiary/aromatic N) is 3. The van der Waals surface area contributed by atoms with Crippen LogP contribution in [0.5, 0.6) is 0 Å². The Labute approximate surface area is 111 Å². The normalized spacial score (nSPS) is 21.2. The van der Waals surface area contributed by atoms with E-state index >= 15 is 0 Å². The fourth-order valence-corrected chi connectivity index (χ4v) is 3.26. The minimum atomic E-state index is -0.0263. The molecular weight excluding hydrogens is 258 g/mol.